The van der Waals surface area contributed by atoms with Gasteiger partial charge in [0.1, 0.15) is 18.0 Å². The molecule has 1 amide bonds. The Kier molecular flexibility index (Phi) is 6.29. The lowest BCUT2D eigenvalue weighted by Gasteiger charge is -2.16. The van der Waals surface area contributed by atoms with E-state index in [4.69, 9.17) is 0 Å². The fraction of sp³-hybridized carbons (Fsp3) is 0.269. The minimum absolute atomic E-state index is 0.112. The maximum atomic E-state index is 12.2. The van der Waals surface area contributed by atoms with Gasteiger partial charge in [-0.15, -0.1) is 0 Å². The molecule has 1 aromatic carbocycles. The second-order valence-corrected chi connectivity index (χ2v) is 8.32. The number of aromatic nitrogens is 4. The van der Waals surface area contributed by atoms with Gasteiger partial charge in [-0.3, -0.25) is 9.78 Å². The molecule has 1 aliphatic rings. The maximum absolute atomic E-state index is 12.2. The minimum atomic E-state index is -0.112. The number of hydrogen-bond donors (Lipinski definition) is 2. The average Bonchev–Trinajstić information content (AvgIpc) is 3.43. The highest BCUT2D eigenvalue weighted by Crippen LogP contribution is 2.24. The van der Waals surface area contributed by atoms with Crippen molar-refractivity contribution in [2.24, 2.45) is 0 Å². The van der Waals surface area contributed by atoms with E-state index in [1.54, 1.807) is 25.6 Å². The van der Waals surface area contributed by atoms with Gasteiger partial charge in [-0.2, -0.15) is 0 Å². The second-order valence-electron chi connectivity index (χ2n) is 8.32. The van der Waals surface area contributed by atoms with Crippen LogP contribution in [0.5, 0.6) is 0 Å². The van der Waals surface area contributed by atoms with Gasteiger partial charge in [0.05, 0.1) is 16.8 Å². The highest BCUT2D eigenvalue weighted by Gasteiger charge is 2.14. The SMILES string of the molecule is CNC(=O)c1ccnc2c(CCNc3cc(-c4ccc(N5CCCC5)nc4)ncn3)cccc12. The zero-order chi connectivity index (χ0) is 23.3. The Morgan fingerprint density at radius 2 is 1.91 bits per heavy atom. The summed E-state index contributed by atoms with van der Waals surface area (Å²) in [5.74, 6) is 1.67. The molecule has 0 spiro atoms. The van der Waals surface area contributed by atoms with Crippen LogP contribution in [0.15, 0.2) is 61.2 Å². The third kappa shape index (κ3) is 4.52. The monoisotopic (exact) mass is 453 g/mol. The molecule has 8 heteroatoms. The lowest BCUT2D eigenvalue weighted by molar-refractivity contribution is 0.0964. The molecule has 0 unspecified atom stereocenters. The Bertz CT molecular complexity index is 1300. The van der Waals surface area contributed by atoms with Crippen molar-refractivity contribution in [3.63, 3.8) is 0 Å². The van der Waals surface area contributed by atoms with Gasteiger partial charge in [0, 0.05) is 56.1 Å². The van der Waals surface area contributed by atoms with E-state index in [9.17, 15) is 4.79 Å². The molecule has 3 aromatic heterocycles. The number of nitrogens with one attached hydrogen (secondary N) is 2. The Labute approximate surface area is 198 Å². The largest absolute Gasteiger partial charge is 0.370 e. The molecule has 8 nitrogen and oxygen atoms in total. The third-order valence-electron chi connectivity index (χ3n) is 6.17. The number of rotatable bonds is 7. The van der Waals surface area contributed by atoms with E-state index < -0.39 is 0 Å². The standard InChI is InChI=1S/C26H27N7O/c1-27-26(34)21-10-12-29-25-18(5-4-6-20(21)25)9-11-28-23-15-22(31-17-32-23)19-7-8-24(30-16-19)33-13-2-3-14-33/h4-8,10,12,15-17H,2-3,9,11,13-14H2,1H3,(H,27,34)(H,28,31,32). The zero-order valence-corrected chi connectivity index (χ0v) is 19.2. The van der Waals surface area contributed by atoms with Crippen molar-refractivity contribution in [2.75, 3.05) is 36.9 Å². The molecule has 4 aromatic rings. The van der Waals surface area contributed by atoms with Crippen molar-refractivity contribution >= 4 is 28.4 Å². The van der Waals surface area contributed by atoms with Crippen LogP contribution < -0.4 is 15.5 Å². The summed E-state index contributed by atoms with van der Waals surface area (Å²) in [6.45, 7) is 2.83. The minimum Gasteiger partial charge on any atom is -0.370 e. The number of benzene rings is 1. The Morgan fingerprint density at radius 1 is 1.03 bits per heavy atom. The Hall–Kier alpha value is -4.07. The van der Waals surface area contributed by atoms with Gasteiger partial charge in [0.2, 0.25) is 0 Å². The first kappa shape index (κ1) is 21.8. The molecule has 0 atom stereocenters. The number of amides is 1. The summed E-state index contributed by atoms with van der Waals surface area (Å²) in [5, 5.41) is 6.93. The number of carbonyl (C=O) groups is 1. The number of hydrogen-bond acceptors (Lipinski definition) is 7. The van der Waals surface area contributed by atoms with E-state index in [2.05, 4.69) is 47.6 Å². The number of nitrogens with zero attached hydrogens (tertiary/aromatic N) is 5. The third-order valence-corrected chi connectivity index (χ3v) is 6.17. The molecule has 1 saturated heterocycles. The van der Waals surface area contributed by atoms with Gasteiger partial charge in [0.25, 0.3) is 5.91 Å². The predicted octanol–water partition coefficient (Wildman–Crippen LogP) is 3.70. The molecular formula is C26H27N7O. The van der Waals surface area contributed by atoms with E-state index in [1.165, 1.54) is 12.8 Å². The molecule has 1 aliphatic heterocycles. The van der Waals surface area contributed by atoms with Gasteiger partial charge in [0.15, 0.2) is 0 Å². The number of para-hydroxylation sites is 1. The van der Waals surface area contributed by atoms with Crippen LogP contribution in [0.25, 0.3) is 22.2 Å². The topological polar surface area (TPSA) is 95.9 Å². The molecule has 2 N–H and O–H groups in total. The van der Waals surface area contributed by atoms with Gasteiger partial charge in [-0.25, -0.2) is 15.0 Å². The van der Waals surface area contributed by atoms with E-state index in [1.807, 2.05) is 30.5 Å². The van der Waals surface area contributed by atoms with Crippen molar-refractivity contribution in [1.29, 1.82) is 0 Å². The number of pyridine rings is 2. The summed E-state index contributed by atoms with van der Waals surface area (Å²) in [6, 6.07) is 13.8. The molecule has 0 radical (unpaired) electrons. The van der Waals surface area contributed by atoms with Crippen LogP contribution in [0.4, 0.5) is 11.6 Å². The quantitative estimate of drug-likeness (QED) is 0.440. The smallest absolute Gasteiger partial charge is 0.251 e. The molecule has 0 aliphatic carbocycles. The highest BCUT2D eigenvalue weighted by molar-refractivity contribution is 6.06. The average molecular weight is 454 g/mol. The molecule has 172 valence electrons. The first-order valence-corrected chi connectivity index (χ1v) is 11.6. The lowest BCUT2D eigenvalue weighted by Crippen LogP contribution is -2.18. The number of carbonyl (C=O) groups excluding carboxylic acids is 1. The van der Waals surface area contributed by atoms with Crippen LogP contribution in [-0.2, 0) is 6.42 Å². The maximum Gasteiger partial charge on any atom is 0.251 e. The van der Waals surface area contributed by atoms with Crippen LogP contribution >= 0.6 is 0 Å². The summed E-state index contributed by atoms with van der Waals surface area (Å²) < 4.78 is 0. The first-order chi connectivity index (χ1) is 16.7. The molecule has 5 rings (SSSR count). The summed E-state index contributed by atoms with van der Waals surface area (Å²) in [5.41, 5.74) is 4.35. The first-order valence-electron chi connectivity index (χ1n) is 11.6. The van der Waals surface area contributed by atoms with E-state index in [0.29, 0.717) is 12.1 Å². The van der Waals surface area contributed by atoms with Gasteiger partial charge in [-0.1, -0.05) is 18.2 Å². The molecule has 4 heterocycles. The number of fused-ring (bicyclic) bond motifs is 1. The summed E-state index contributed by atoms with van der Waals surface area (Å²) >= 11 is 0. The van der Waals surface area contributed by atoms with Crippen molar-refractivity contribution in [3.05, 3.63) is 72.3 Å². The van der Waals surface area contributed by atoms with Gasteiger partial charge < -0.3 is 15.5 Å². The second kappa shape index (κ2) is 9.82. The Balaban J connectivity index is 1.27. The fourth-order valence-electron chi connectivity index (χ4n) is 4.38. The number of anilines is 2. The van der Waals surface area contributed by atoms with E-state index in [0.717, 1.165) is 58.9 Å². The molecule has 0 saturated carbocycles. The van der Waals surface area contributed by atoms with Crippen molar-refractivity contribution in [2.45, 2.75) is 19.3 Å². The van der Waals surface area contributed by atoms with Crippen LogP contribution in [0, 0.1) is 0 Å². The van der Waals surface area contributed by atoms with Crippen molar-refractivity contribution < 1.29 is 4.79 Å². The van der Waals surface area contributed by atoms with Crippen LogP contribution in [0.3, 0.4) is 0 Å². The summed E-state index contributed by atoms with van der Waals surface area (Å²) in [4.78, 5) is 32.5. The lowest BCUT2D eigenvalue weighted by atomic mass is 10.0. The van der Waals surface area contributed by atoms with Crippen LogP contribution in [0.1, 0.15) is 28.8 Å². The zero-order valence-electron chi connectivity index (χ0n) is 19.2. The van der Waals surface area contributed by atoms with Crippen molar-refractivity contribution in [1.82, 2.24) is 25.3 Å². The highest BCUT2D eigenvalue weighted by atomic mass is 16.1. The van der Waals surface area contributed by atoms with Crippen LogP contribution in [-0.4, -0.2) is 52.5 Å². The van der Waals surface area contributed by atoms with Crippen LogP contribution in [0.2, 0.25) is 0 Å². The summed E-state index contributed by atoms with van der Waals surface area (Å²) in [6.07, 6.45) is 8.34. The normalized spacial score (nSPS) is 13.3. The fourth-order valence-corrected chi connectivity index (χ4v) is 4.38. The van der Waals surface area contributed by atoms with Crippen molar-refractivity contribution in [3.8, 4) is 11.3 Å². The molecule has 1 fully saturated rings. The Morgan fingerprint density at radius 3 is 2.71 bits per heavy atom. The van der Waals surface area contributed by atoms with E-state index >= 15 is 0 Å². The molecule has 0 bridgehead atoms. The van der Waals surface area contributed by atoms with Gasteiger partial charge >= 0.3 is 0 Å². The van der Waals surface area contributed by atoms with Gasteiger partial charge in [-0.05, 0) is 43.0 Å². The predicted molar refractivity (Wildman–Crippen MR) is 134 cm³/mol. The molecular weight excluding hydrogens is 426 g/mol. The molecule has 34 heavy (non-hydrogen) atoms. The summed E-state index contributed by atoms with van der Waals surface area (Å²) in [7, 11) is 1.64. The van der Waals surface area contributed by atoms with E-state index in [-0.39, 0.29) is 5.91 Å².